The minimum Gasteiger partial charge on any atom is -0.314 e. The van der Waals surface area contributed by atoms with E-state index in [9.17, 15) is 4.21 Å². The summed E-state index contributed by atoms with van der Waals surface area (Å²) in [5.74, 6) is 0.715. The van der Waals surface area contributed by atoms with Crippen molar-refractivity contribution in [1.29, 1.82) is 0 Å². The molecule has 3 heteroatoms. The highest BCUT2D eigenvalue weighted by atomic mass is 32.2. The van der Waals surface area contributed by atoms with Crippen molar-refractivity contribution in [3.63, 3.8) is 0 Å². The van der Waals surface area contributed by atoms with Gasteiger partial charge in [0.15, 0.2) is 0 Å². The maximum atomic E-state index is 12.4. The average Bonchev–Trinajstić information content (AvgIpc) is 2.85. The quantitative estimate of drug-likeness (QED) is 0.866. The monoisotopic (exact) mass is 279 g/mol. The van der Waals surface area contributed by atoms with Gasteiger partial charge in [-0.15, -0.1) is 0 Å². The molecule has 1 N–H and O–H groups in total. The summed E-state index contributed by atoms with van der Waals surface area (Å²) in [4.78, 5) is 0. The molecule has 0 aromatic heterocycles. The lowest BCUT2D eigenvalue weighted by Gasteiger charge is -2.13. The van der Waals surface area contributed by atoms with Gasteiger partial charge in [-0.25, -0.2) is 0 Å². The summed E-state index contributed by atoms with van der Waals surface area (Å²) in [6, 6.07) is 8.98. The molecule has 0 saturated heterocycles. The van der Waals surface area contributed by atoms with Crippen LogP contribution in [0.15, 0.2) is 24.3 Å². The van der Waals surface area contributed by atoms with Crippen LogP contribution in [0.25, 0.3) is 0 Å². The lowest BCUT2D eigenvalue weighted by molar-refractivity contribution is 0.523. The second-order valence-electron chi connectivity index (χ2n) is 5.60. The van der Waals surface area contributed by atoms with Crippen molar-refractivity contribution in [3.05, 3.63) is 35.4 Å². The molecule has 1 aliphatic carbocycles. The van der Waals surface area contributed by atoms with E-state index >= 15 is 0 Å². The Labute approximate surface area is 119 Å². The molecule has 0 heterocycles. The number of aryl methyl sites for hydroxylation is 1. The first kappa shape index (κ1) is 14.7. The fourth-order valence-corrected chi connectivity index (χ4v) is 4.39. The van der Waals surface area contributed by atoms with Crippen LogP contribution in [0.4, 0.5) is 0 Å². The summed E-state index contributed by atoms with van der Waals surface area (Å²) in [5, 5.41) is 3.94. The molecule has 1 aromatic rings. The second-order valence-corrected chi connectivity index (χ2v) is 7.32. The summed E-state index contributed by atoms with van der Waals surface area (Å²) >= 11 is 0. The summed E-state index contributed by atoms with van der Waals surface area (Å²) in [5.41, 5.74) is 2.46. The van der Waals surface area contributed by atoms with Crippen LogP contribution in [0.3, 0.4) is 0 Å². The molecule has 1 aliphatic rings. The molecule has 0 amide bonds. The molecule has 106 valence electrons. The normalized spacial score (nSPS) is 24.5. The van der Waals surface area contributed by atoms with Crippen LogP contribution in [-0.4, -0.2) is 22.0 Å². The molecule has 1 saturated carbocycles. The molecule has 0 spiro atoms. The molecule has 0 radical (unpaired) electrons. The molecule has 1 aromatic carbocycles. The van der Waals surface area contributed by atoms with Crippen molar-refractivity contribution in [3.8, 4) is 0 Å². The van der Waals surface area contributed by atoms with Crippen molar-refractivity contribution in [1.82, 2.24) is 5.32 Å². The Morgan fingerprint density at radius 3 is 2.95 bits per heavy atom. The van der Waals surface area contributed by atoms with E-state index in [1.807, 2.05) is 0 Å². The van der Waals surface area contributed by atoms with Gasteiger partial charge in [-0.2, -0.15) is 0 Å². The lowest BCUT2D eigenvalue weighted by Crippen LogP contribution is -2.28. The van der Waals surface area contributed by atoms with Crippen LogP contribution in [0.2, 0.25) is 0 Å². The predicted molar refractivity (Wildman–Crippen MR) is 82.7 cm³/mol. The Morgan fingerprint density at radius 2 is 2.21 bits per heavy atom. The van der Waals surface area contributed by atoms with E-state index in [1.165, 1.54) is 24.0 Å². The smallest absolute Gasteiger partial charge is 0.0488 e. The van der Waals surface area contributed by atoms with Crippen molar-refractivity contribution in [2.45, 2.75) is 56.6 Å². The summed E-state index contributed by atoms with van der Waals surface area (Å²) in [7, 11) is -0.721. The van der Waals surface area contributed by atoms with Gasteiger partial charge in [0.2, 0.25) is 0 Å². The first-order valence-electron chi connectivity index (χ1n) is 7.35. The van der Waals surface area contributed by atoms with Gasteiger partial charge in [0.25, 0.3) is 0 Å². The third-order valence-electron chi connectivity index (χ3n) is 3.83. The molecular formula is C16H25NOS. The van der Waals surface area contributed by atoms with Gasteiger partial charge >= 0.3 is 0 Å². The third kappa shape index (κ3) is 4.43. The Hall–Kier alpha value is -0.670. The molecule has 19 heavy (non-hydrogen) atoms. The number of hydrogen-bond donors (Lipinski definition) is 1. The van der Waals surface area contributed by atoms with Crippen LogP contribution in [0.1, 0.15) is 43.7 Å². The zero-order valence-electron chi connectivity index (χ0n) is 12.0. The molecular weight excluding hydrogens is 254 g/mol. The molecule has 3 atom stereocenters. The van der Waals surface area contributed by atoms with Gasteiger partial charge < -0.3 is 5.32 Å². The highest BCUT2D eigenvalue weighted by molar-refractivity contribution is 7.84. The van der Waals surface area contributed by atoms with Gasteiger partial charge in [-0.1, -0.05) is 36.8 Å². The first-order valence-corrected chi connectivity index (χ1v) is 8.73. The van der Waals surface area contributed by atoms with Gasteiger partial charge in [0.1, 0.15) is 0 Å². The number of rotatable bonds is 6. The van der Waals surface area contributed by atoms with E-state index in [1.54, 1.807) is 0 Å². The van der Waals surface area contributed by atoms with E-state index in [2.05, 4.69) is 43.4 Å². The largest absolute Gasteiger partial charge is 0.314 e. The Kier molecular flexibility index (Phi) is 5.59. The zero-order valence-corrected chi connectivity index (χ0v) is 12.8. The first-order chi connectivity index (χ1) is 9.19. The van der Waals surface area contributed by atoms with Crippen molar-refractivity contribution in [2.75, 3.05) is 6.54 Å². The SMILES string of the molecule is CCCNC1CCC(S(=O)Cc2cccc(C)c2)C1. The van der Waals surface area contributed by atoms with Crippen LogP contribution >= 0.6 is 0 Å². The minimum atomic E-state index is -0.721. The molecule has 0 bridgehead atoms. The standard InChI is InChI=1S/C16H25NOS/c1-3-9-17-15-7-8-16(11-15)19(18)12-14-6-4-5-13(2)10-14/h4-6,10,15-17H,3,7-9,11-12H2,1-2H3. The van der Waals surface area contributed by atoms with E-state index in [0.717, 1.165) is 19.4 Å². The van der Waals surface area contributed by atoms with Crippen LogP contribution < -0.4 is 5.32 Å². The van der Waals surface area contributed by atoms with Crippen LogP contribution in [0, 0.1) is 6.92 Å². The molecule has 3 unspecified atom stereocenters. The minimum absolute atomic E-state index is 0.384. The highest BCUT2D eigenvalue weighted by Crippen LogP contribution is 2.25. The Morgan fingerprint density at radius 1 is 1.37 bits per heavy atom. The second kappa shape index (κ2) is 7.20. The highest BCUT2D eigenvalue weighted by Gasteiger charge is 2.28. The molecule has 2 rings (SSSR count). The fraction of sp³-hybridized carbons (Fsp3) is 0.625. The lowest BCUT2D eigenvalue weighted by atomic mass is 10.2. The van der Waals surface area contributed by atoms with Crippen LogP contribution in [0.5, 0.6) is 0 Å². The van der Waals surface area contributed by atoms with Gasteiger partial charge in [-0.05, 0) is 44.7 Å². The van der Waals surface area contributed by atoms with Crippen molar-refractivity contribution in [2.24, 2.45) is 0 Å². The summed E-state index contributed by atoms with van der Waals surface area (Å²) < 4.78 is 12.4. The van der Waals surface area contributed by atoms with E-state index < -0.39 is 10.8 Å². The molecule has 2 nitrogen and oxygen atoms in total. The Balaban J connectivity index is 1.84. The molecule has 1 fully saturated rings. The number of nitrogens with one attached hydrogen (secondary N) is 1. The summed E-state index contributed by atoms with van der Waals surface area (Å²) in [6.07, 6.45) is 4.55. The van der Waals surface area contributed by atoms with Crippen molar-refractivity contribution < 1.29 is 4.21 Å². The number of benzene rings is 1. The van der Waals surface area contributed by atoms with Gasteiger partial charge in [0.05, 0.1) is 0 Å². The third-order valence-corrected chi connectivity index (χ3v) is 5.62. The summed E-state index contributed by atoms with van der Waals surface area (Å²) in [6.45, 7) is 5.36. The zero-order chi connectivity index (χ0) is 13.7. The van der Waals surface area contributed by atoms with Crippen molar-refractivity contribution >= 4 is 10.8 Å². The van der Waals surface area contributed by atoms with Gasteiger partial charge in [-0.3, -0.25) is 4.21 Å². The number of hydrogen-bond acceptors (Lipinski definition) is 2. The average molecular weight is 279 g/mol. The topological polar surface area (TPSA) is 29.1 Å². The Bertz CT molecular complexity index is 433. The van der Waals surface area contributed by atoms with E-state index in [4.69, 9.17) is 0 Å². The molecule has 0 aliphatic heterocycles. The van der Waals surface area contributed by atoms with E-state index in [0.29, 0.717) is 17.0 Å². The maximum Gasteiger partial charge on any atom is 0.0488 e. The van der Waals surface area contributed by atoms with Gasteiger partial charge in [0, 0.05) is 27.8 Å². The van der Waals surface area contributed by atoms with E-state index in [-0.39, 0.29) is 0 Å². The predicted octanol–water partition coefficient (Wildman–Crippen LogP) is 3.16. The fourth-order valence-electron chi connectivity index (χ4n) is 2.80. The van der Waals surface area contributed by atoms with Crippen LogP contribution in [-0.2, 0) is 16.6 Å². The maximum absolute atomic E-state index is 12.4.